The third-order valence-electron chi connectivity index (χ3n) is 18.8. The normalized spacial score (nSPS) is 34.0. The van der Waals surface area contributed by atoms with Crippen molar-refractivity contribution in [3.63, 3.8) is 0 Å². The van der Waals surface area contributed by atoms with Crippen LogP contribution in [0.3, 0.4) is 0 Å². The van der Waals surface area contributed by atoms with Crippen LogP contribution in [0.5, 0.6) is 0 Å². The number of hydrogen-bond acceptors (Lipinski definition) is 24. The van der Waals surface area contributed by atoms with Crippen molar-refractivity contribution in [1.82, 2.24) is 51.6 Å². The molecule has 0 saturated carbocycles. The largest absolute Gasteiger partial charge is 0.388 e. The SMILES string of the molecule is C=C1NC(=O)C(C)CN1C1O[C@H](CCP(=C)(C)C)[C@@H](O)[C@H]1O.C=C1NC(=O)C=NN1[C@@H]1O[C@H](CCP(=C)(C)C)[C@@H](O)[C@H]1O.C=C1NC(=O)N(C)C=C1[C@@H]1O[C@H](CCP(=C)(C)C)[C@@H](O)[C@H]1O.C=C1NC(=O)NC=C1C1O[C@H](CCP(=C)(C)C)[C@@H](O)[C@H]1O.C=C1NC(=S)C=CN1C1O[C@H](CCP(=C)(C)C)[C@@H](O)[C@H]1O. The summed E-state index contributed by atoms with van der Waals surface area (Å²) in [6, 6.07) is -0.668. The van der Waals surface area contributed by atoms with Crippen molar-refractivity contribution >= 4 is 113 Å². The standard InChI is InChI=1S/C15H25N2O4P.C15H27N2O4P.C14H23N2O4P.C14H23N2O3PS.C13H22N3O4P/c1-9-10(8-17(2)15(20)16-9)14-13(19)12(18)11(21-14)6-7-22(3,4)5;1-9-8-17(10(2)16-14(9)20)15-13(19)12(18)11(21-15)6-7-22(3,4)5;1-8-9(7-15-14(19)16-8)13-12(18)11(17)10(20-13)5-6-21(2,3)4;1-9-15-11(21)5-7-16(9)14-13(18)12(17)10(19-14)6-8-20(2,3)4;1-8-15-10(17)7-14-16(8)13-12(19)11(18)9(20-13)5-6-21(2,3)4/h8,11-14,18-19H,1,3,6-7H2,2,4-5H3,(H,16,20);9,11-13,15,18-19H,2-3,6-8H2,1,4-5H3,(H,16,20);7,10-13,17-18H,1-2,5-6H2,3-4H3,(H2,15,16,19);5,7,10,12-14,17-18H,1-2,6,8H2,3-4H3,(H,15,21);7,9,11-13,18-19H,1-2,5-6H2,3-4H3,(H,15,17)/t11-,12-,13-,14+;9?,11-,12-,13-,15?;10-,11-,12-,13?;10-,12-,13-,14?;9-,11-,12-,13-/m11111/s1. The Bertz CT molecular complexity index is 3610. The number of thiocarbonyl (C=S) groups is 1. The summed E-state index contributed by atoms with van der Waals surface area (Å²) in [6.07, 6.45) is 20.3. The number of hydrazone groups is 1. The van der Waals surface area contributed by atoms with E-state index in [9.17, 15) is 70.2 Å². The van der Waals surface area contributed by atoms with Crippen LogP contribution in [0.4, 0.5) is 9.59 Å². The van der Waals surface area contributed by atoms with Gasteiger partial charge in [-0.3, -0.25) is 9.59 Å². The fourth-order valence-corrected chi connectivity index (χ4v) is 17.5. The molecule has 0 aliphatic carbocycles. The van der Waals surface area contributed by atoms with Gasteiger partial charge in [-0.1, -0.05) is 52.0 Å². The van der Waals surface area contributed by atoms with E-state index in [1.165, 1.54) is 16.1 Å². The van der Waals surface area contributed by atoms with E-state index in [1.54, 1.807) is 42.2 Å². The lowest BCUT2D eigenvalue weighted by molar-refractivity contribution is -0.133. The average molecular weight is 1620 g/mol. The lowest BCUT2D eigenvalue weighted by Gasteiger charge is -2.39. The smallest absolute Gasteiger partial charge is 0.325 e. The molecule has 0 aromatic rings. The first-order valence-electron chi connectivity index (χ1n) is 35.2. The van der Waals surface area contributed by atoms with Crippen LogP contribution in [-0.4, -0.2) is 371 Å². The quantitative estimate of drug-likeness (QED) is 0.0600. The van der Waals surface area contributed by atoms with Gasteiger partial charge in [0.15, 0.2) is 18.7 Å². The molecule has 6 saturated heterocycles. The molecule has 4 unspecified atom stereocenters. The molecule has 107 heavy (non-hydrogen) atoms. The molecule has 16 N–H and O–H groups in total. The minimum absolute atomic E-state index is 0.0885. The number of nitrogens with one attached hydrogen (secondary N) is 6. The molecular formula is C71H120N11O19P5S. The molecular weight excluding hydrogens is 1500 g/mol. The predicted octanol–water partition coefficient (Wildman–Crippen LogP) is 1.16. The second-order valence-corrected chi connectivity index (χ2v) is 54.0. The number of carbonyl (C=O) groups excluding carboxylic acids is 4. The lowest BCUT2D eigenvalue weighted by Crippen LogP contribution is -2.54. The molecule has 21 atom stereocenters. The van der Waals surface area contributed by atoms with Crippen LogP contribution >= 0.6 is 46.6 Å². The number of aliphatic hydroxyl groups is 10. The maximum atomic E-state index is 11.6. The van der Waals surface area contributed by atoms with E-state index in [4.69, 9.17) is 35.9 Å². The van der Waals surface area contributed by atoms with Gasteiger partial charge in [-0.2, -0.15) is 5.10 Å². The highest BCUT2D eigenvalue weighted by molar-refractivity contribution is 7.80. The summed E-state index contributed by atoms with van der Waals surface area (Å²) >= 11 is 5.03. The van der Waals surface area contributed by atoms with E-state index < -0.39 is 151 Å². The van der Waals surface area contributed by atoms with Gasteiger partial charge in [-0.25, -0.2) is 14.6 Å². The van der Waals surface area contributed by atoms with Crippen molar-refractivity contribution in [3.8, 4) is 0 Å². The maximum absolute atomic E-state index is 11.6. The molecule has 0 aromatic carbocycles. The van der Waals surface area contributed by atoms with Crippen molar-refractivity contribution < 1.29 is 93.9 Å². The first-order valence-corrected chi connectivity index (χ1v) is 50.9. The molecule has 10 rings (SSSR count). The van der Waals surface area contributed by atoms with Crippen LogP contribution in [0, 0.1) is 5.92 Å². The molecule has 36 heteroatoms. The van der Waals surface area contributed by atoms with Gasteiger partial charge in [-0.15, -0.1) is 65.9 Å². The Balaban J connectivity index is 0.000000209. The number of aliphatic hydroxyl groups excluding tert-OH is 10. The highest BCUT2D eigenvalue weighted by Gasteiger charge is 2.51. The first kappa shape index (κ1) is 91.1. The maximum Gasteiger partial charge on any atom is 0.325 e. The van der Waals surface area contributed by atoms with Gasteiger partial charge in [0.2, 0.25) is 5.91 Å². The van der Waals surface area contributed by atoms with Crippen molar-refractivity contribution in [3.05, 3.63) is 97.6 Å². The Labute approximate surface area is 636 Å². The molecule has 10 aliphatic rings. The van der Waals surface area contributed by atoms with Gasteiger partial charge < -0.3 is 121 Å². The molecule has 6 fully saturated rings. The van der Waals surface area contributed by atoms with Crippen LogP contribution in [0.2, 0.25) is 0 Å². The Kier molecular flexibility index (Phi) is 32.1. The first-order chi connectivity index (χ1) is 49.3. The molecule has 0 aromatic heterocycles. The molecule has 0 spiro atoms. The van der Waals surface area contributed by atoms with E-state index in [2.05, 4.69) is 168 Å². The minimum atomic E-state index is -1.23. The summed E-state index contributed by atoms with van der Waals surface area (Å²) in [7, 11) is 1.60. The molecule has 6 amide bonds. The fourth-order valence-electron chi connectivity index (χ4n) is 12.5. The predicted molar refractivity (Wildman–Crippen MR) is 439 cm³/mol. The molecule has 0 bridgehead atoms. The van der Waals surface area contributed by atoms with Gasteiger partial charge in [0.1, 0.15) is 102 Å². The average Bonchev–Trinajstić information content (AvgIpc) is 1.70. The van der Waals surface area contributed by atoms with Crippen molar-refractivity contribution in [1.29, 1.82) is 0 Å². The summed E-state index contributed by atoms with van der Waals surface area (Å²) < 4.78 is 29.1. The zero-order chi connectivity index (χ0) is 80.7. The van der Waals surface area contributed by atoms with Gasteiger partial charge in [0.05, 0.1) is 36.4 Å². The van der Waals surface area contributed by atoms with Gasteiger partial charge >= 0.3 is 12.1 Å². The number of hydrogen-bond donors (Lipinski definition) is 16. The van der Waals surface area contributed by atoms with Crippen molar-refractivity contribution in [2.24, 2.45) is 11.0 Å². The van der Waals surface area contributed by atoms with Gasteiger partial charge in [0, 0.05) is 54.7 Å². The van der Waals surface area contributed by atoms with Gasteiger partial charge in [-0.05, 0) is 136 Å². The molecule has 604 valence electrons. The van der Waals surface area contributed by atoms with E-state index >= 15 is 0 Å². The number of amides is 6. The Hall–Kier alpha value is -4.74. The summed E-state index contributed by atoms with van der Waals surface area (Å²) in [6.45, 7) is 36.3. The van der Waals surface area contributed by atoms with E-state index in [1.807, 2.05) is 0 Å². The second-order valence-electron chi connectivity index (χ2n) is 32.0. The number of ether oxygens (including phenoxy) is 5. The zero-order valence-corrected chi connectivity index (χ0v) is 69.2. The number of carbonyl (C=O) groups is 4. The van der Waals surface area contributed by atoms with Gasteiger partial charge in [0.25, 0.3) is 5.91 Å². The number of rotatable bonds is 20. The third-order valence-corrected chi connectivity index (χ3v) is 26.4. The van der Waals surface area contributed by atoms with Crippen molar-refractivity contribution in [2.75, 3.05) is 111 Å². The zero-order valence-electron chi connectivity index (χ0n) is 63.9. The fraction of sp³-hybridized carbons (Fsp3) is 0.620. The topological polar surface area (TPSA) is 414 Å². The number of urea groups is 2. The summed E-state index contributed by atoms with van der Waals surface area (Å²) in [4.78, 5) is 50.8. The van der Waals surface area contributed by atoms with Crippen LogP contribution in [0.25, 0.3) is 0 Å². The van der Waals surface area contributed by atoms with E-state index in [0.29, 0.717) is 77.8 Å². The number of nitrogens with zero attached hydrogens (tertiary/aromatic N) is 5. The summed E-state index contributed by atoms with van der Waals surface area (Å²) in [5.74, 6) is 0.458. The summed E-state index contributed by atoms with van der Waals surface area (Å²) in [5.41, 5.74) is 1.90. The highest BCUT2D eigenvalue weighted by Crippen LogP contribution is 2.44. The van der Waals surface area contributed by atoms with Crippen molar-refractivity contribution in [2.45, 2.75) is 161 Å². The lowest BCUT2D eigenvalue weighted by atomic mass is 9.99. The molecule has 10 heterocycles. The Morgan fingerprint density at radius 2 is 0.888 bits per heavy atom. The van der Waals surface area contributed by atoms with Crippen LogP contribution < -0.4 is 31.9 Å². The Morgan fingerprint density at radius 3 is 1.32 bits per heavy atom. The molecule has 0 radical (unpaired) electrons. The van der Waals surface area contributed by atoms with E-state index in [-0.39, 0.29) is 41.7 Å². The van der Waals surface area contributed by atoms with Crippen LogP contribution in [-0.2, 0) is 33.3 Å². The third kappa shape index (κ3) is 25.9. The van der Waals surface area contributed by atoms with Crippen LogP contribution in [0.1, 0.15) is 39.0 Å². The Morgan fingerprint density at radius 1 is 0.495 bits per heavy atom. The van der Waals surface area contributed by atoms with E-state index in [0.717, 1.165) is 37.0 Å². The highest BCUT2D eigenvalue weighted by atomic mass is 32.1. The minimum Gasteiger partial charge on any atom is -0.388 e. The van der Waals surface area contributed by atoms with Crippen LogP contribution in [0.15, 0.2) is 103 Å². The second kappa shape index (κ2) is 37.7. The monoisotopic (exact) mass is 1620 g/mol. The summed E-state index contributed by atoms with van der Waals surface area (Å²) in [5, 5.41) is 123. The molecule has 10 aliphatic heterocycles. The molecule has 30 nitrogen and oxygen atoms in total.